The van der Waals surface area contributed by atoms with Gasteiger partial charge in [-0.1, -0.05) is 18.9 Å². The largest absolute Gasteiger partial charge is 0.325 e. The van der Waals surface area contributed by atoms with Gasteiger partial charge in [-0.3, -0.25) is 15.1 Å². The zero-order chi connectivity index (χ0) is 13.3. The number of urea groups is 1. The summed E-state index contributed by atoms with van der Waals surface area (Å²) in [4.78, 5) is 30.0. The Balaban J connectivity index is 1.75. The Morgan fingerprint density at radius 1 is 1.26 bits per heavy atom. The molecule has 19 heavy (non-hydrogen) atoms. The average molecular weight is 259 g/mol. The van der Waals surface area contributed by atoms with E-state index in [-0.39, 0.29) is 11.9 Å². The van der Waals surface area contributed by atoms with E-state index in [4.69, 9.17) is 0 Å². The lowest BCUT2D eigenvalue weighted by Gasteiger charge is -2.31. The molecule has 1 aliphatic heterocycles. The van der Waals surface area contributed by atoms with Gasteiger partial charge >= 0.3 is 6.03 Å². The second kappa shape index (κ2) is 4.64. The van der Waals surface area contributed by atoms with Gasteiger partial charge in [-0.2, -0.15) is 0 Å². The highest BCUT2D eigenvalue weighted by Crippen LogP contribution is 2.38. The fourth-order valence-corrected chi connectivity index (χ4v) is 3.14. The SMILES string of the molecule is O=C1NC(=O)C2(CCCC2)N1CCc1ccccn1. The van der Waals surface area contributed by atoms with E-state index in [9.17, 15) is 9.59 Å². The fourth-order valence-electron chi connectivity index (χ4n) is 3.14. The monoisotopic (exact) mass is 259 g/mol. The summed E-state index contributed by atoms with van der Waals surface area (Å²) < 4.78 is 0. The lowest BCUT2D eigenvalue weighted by molar-refractivity contribution is -0.126. The minimum Gasteiger partial charge on any atom is -0.309 e. The molecular formula is C14H17N3O2. The maximum atomic E-state index is 12.0. The van der Waals surface area contributed by atoms with Crippen LogP contribution in [-0.4, -0.2) is 33.9 Å². The zero-order valence-corrected chi connectivity index (χ0v) is 10.8. The Hall–Kier alpha value is -1.91. The van der Waals surface area contributed by atoms with Crippen molar-refractivity contribution >= 4 is 11.9 Å². The van der Waals surface area contributed by atoms with Crippen molar-refractivity contribution in [3.63, 3.8) is 0 Å². The Morgan fingerprint density at radius 2 is 2.05 bits per heavy atom. The Morgan fingerprint density at radius 3 is 2.74 bits per heavy atom. The first-order valence-corrected chi connectivity index (χ1v) is 6.75. The van der Waals surface area contributed by atoms with Crippen LogP contribution in [0.1, 0.15) is 31.4 Å². The Kier molecular flexibility index (Phi) is 2.97. The van der Waals surface area contributed by atoms with E-state index < -0.39 is 5.54 Å². The standard InChI is InChI=1S/C14H17N3O2/c18-12-14(7-2-3-8-14)17(13(19)16-12)10-6-11-5-1-4-9-15-11/h1,4-5,9H,2-3,6-8,10H2,(H,16,18,19). The number of hydrogen-bond donors (Lipinski definition) is 1. The van der Waals surface area contributed by atoms with Crippen LogP contribution < -0.4 is 5.32 Å². The van der Waals surface area contributed by atoms with Crippen LogP contribution in [0.4, 0.5) is 4.79 Å². The van der Waals surface area contributed by atoms with Crippen molar-refractivity contribution in [1.29, 1.82) is 0 Å². The highest BCUT2D eigenvalue weighted by Gasteiger charge is 2.53. The van der Waals surface area contributed by atoms with Gasteiger partial charge in [0, 0.05) is 24.9 Å². The third-order valence-electron chi connectivity index (χ3n) is 4.15. The summed E-state index contributed by atoms with van der Waals surface area (Å²) in [6, 6.07) is 5.50. The molecule has 1 saturated carbocycles. The molecule has 3 rings (SSSR count). The highest BCUT2D eigenvalue weighted by atomic mass is 16.2. The van der Waals surface area contributed by atoms with Crippen LogP contribution in [0.25, 0.3) is 0 Å². The van der Waals surface area contributed by atoms with E-state index in [2.05, 4.69) is 10.3 Å². The van der Waals surface area contributed by atoms with Crippen LogP contribution in [0.5, 0.6) is 0 Å². The summed E-state index contributed by atoms with van der Waals surface area (Å²) in [6.07, 6.45) is 6.03. The van der Waals surface area contributed by atoms with Crippen LogP contribution in [-0.2, 0) is 11.2 Å². The number of pyridine rings is 1. The predicted molar refractivity (Wildman–Crippen MR) is 69.4 cm³/mol. The van der Waals surface area contributed by atoms with Crippen LogP contribution in [0.2, 0.25) is 0 Å². The maximum Gasteiger partial charge on any atom is 0.325 e. The van der Waals surface area contributed by atoms with Crippen molar-refractivity contribution in [3.05, 3.63) is 30.1 Å². The van der Waals surface area contributed by atoms with Crippen LogP contribution in [0, 0.1) is 0 Å². The van der Waals surface area contributed by atoms with Gasteiger partial charge in [-0.25, -0.2) is 4.79 Å². The molecule has 2 aliphatic rings. The first kappa shape index (κ1) is 12.1. The first-order valence-electron chi connectivity index (χ1n) is 6.75. The van der Waals surface area contributed by atoms with Gasteiger partial charge in [0.25, 0.3) is 5.91 Å². The predicted octanol–water partition coefficient (Wildman–Crippen LogP) is 1.49. The number of aromatic nitrogens is 1. The summed E-state index contributed by atoms with van der Waals surface area (Å²) in [7, 11) is 0. The molecule has 5 nitrogen and oxygen atoms in total. The topological polar surface area (TPSA) is 62.3 Å². The summed E-state index contributed by atoms with van der Waals surface area (Å²) >= 11 is 0. The maximum absolute atomic E-state index is 12.0. The molecule has 0 aromatic carbocycles. The third-order valence-corrected chi connectivity index (χ3v) is 4.15. The van der Waals surface area contributed by atoms with E-state index in [1.165, 1.54) is 0 Å². The number of amides is 3. The quantitative estimate of drug-likeness (QED) is 0.836. The first-order chi connectivity index (χ1) is 9.22. The molecule has 0 radical (unpaired) electrons. The number of carbonyl (C=O) groups excluding carboxylic acids is 2. The van der Waals surface area contributed by atoms with E-state index in [0.29, 0.717) is 13.0 Å². The van der Waals surface area contributed by atoms with Gasteiger partial charge in [0.2, 0.25) is 0 Å². The van der Waals surface area contributed by atoms with E-state index >= 15 is 0 Å². The molecule has 1 aromatic heterocycles. The van der Waals surface area contributed by atoms with Crippen LogP contribution >= 0.6 is 0 Å². The van der Waals surface area contributed by atoms with Gasteiger partial charge in [0.05, 0.1) is 0 Å². The van der Waals surface area contributed by atoms with Gasteiger partial charge < -0.3 is 4.90 Å². The summed E-state index contributed by atoms with van der Waals surface area (Å²) in [5.74, 6) is -0.115. The molecule has 1 aromatic rings. The molecule has 1 N–H and O–H groups in total. The fraction of sp³-hybridized carbons (Fsp3) is 0.500. The molecule has 0 atom stereocenters. The second-order valence-corrected chi connectivity index (χ2v) is 5.22. The molecule has 3 amide bonds. The molecule has 2 heterocycles. The second-order valence-electron chi connectivity index (χ2n) is 5.22. The Labute approximate surface area is 112 Å². The molecular weight excluding hydrogens is 242 g/mol. The van der Waals surface area contributed by atoms with Gasteiger partial charge in [-0.05, 0) is 25.0 Å². The average Bonchev–Trinajstić information content (AvgIpc) is 2.98. The number of nitrogens with zero attached hydrogens (tertiary/aromatic N) is 2. The van der Waals surface area contributed by atoms with Crippen LogP contribution in [0.15, 0.2) is 24.4 Å². The van der Waals surface area contributed by atoms with Gasteiger partial charge in [0.1, 0.15) is 5.54 Å². The van der Waals surface area contributed by atoms with Crippen molar-refractivity contribution < 1.29 is 9.59 Å². The van der Waals surface area contributed by atoms with E-state index in [1.54, 1.807) is 11.1 Å². The summed E-state index contributed by atoms with van der Waals surface area (Å²) in [6.45, 7) is 0.550. The molecule has 0 bridgehead atoms. The van der Waals surface area contributed by atoms with E-state index in [0.717, 1.165) is 31.4 Å². The van der Waals surface area contributed by atoms with Crippen molar-refractivity contribution in [2.24, 2.45) is 0 Å². The Bertz CT molecular complexity index is 495. The van der Waals surface area contributed by atoms with Crippen molar-refractivity contribution in [3.8, 4) is 0 Å². The summed E-state index contributed by atoms with van der Waals surface area (Å²) in [5.41, 5.74) is 0.370. The van der Waals surface area contributed by atoms with E-state index in [1.807, 2.05) is 18.2 Å². The number of carbonyl (C=O) groups is 2. The third kappa shape index (κ3) is 1.99. The normalized spacial score (nSPS) is 21.2. The minimum absolute atomic E-state index is 0.115. The smallest absolute Gasteiger partial charge is 0.309 e. The number of nitrogens with one attached hydrogen (secondary N) is 1. The number of imide groups is 1. The molecule has 5 heteroatoms. The lowest BCUT2D eigenvalue weighted by Crippen LogP contribution is -2.48. The van der Waals surface area contributed by atoms with Crippen molar-refractivity contribution in [1.82, 2.24) is 15.2 Å². The zero-order valence-electron chi connectivity index (χ0n) is 10.8. The number of rotatable bonds is 3. The number of hydrogen-bond acceptors (Lipinski definition) is 3. The van der Waals surface area contributed by atoms with Gasteiger partial charge in [-0.15, -0.1) is 0 Å². The van der Waals surface area contributed by atoms with Gasteiger partial charge in [0.15, 0.2) is 0 Å². The van der Waals surface area contributed by atoms with Crippen molar-refractivity contribution in [2.75, 3.05) is 6.54 Å². The molecule has 1 spiro atoms. The van der Waals surface area contributed by atoms with Crippen molar-refractivity contribution in [2.45, 2.75) is 37.6 Å². The molecule has 1 aliphatic carbocycles. The highest BCUT2D eigenvalue weighted by molar-refractivity contribution is 6.07. The minimum atomic E-state index is -0.578. The molecule has 1 saturated heterocycles. The van der Waals surface area contributed by atoms with Crippen LogP contribution in [0.3, 0.4) is 0 Å². The summed E-state index contributed by atoms with van der Waals surface area (Å²) in [5, 5.41) is 2.46. The lowest BCUT2D eigenvalue weighted by atomic mass is 9.96. The molecule has 0 unspecified atom stereocenters. The molecule has 100 valence electrons. The molecule has 2 fully saturated rings.